The van der Waals surface area contributed by atoms with Crippen LogP contribution in [0.4, 0.5) is 0 Å². The van der Waals surface area contributed by atoms with Crippen molar-refractivity contribution in [1.29, 1.82) is 0 Å². The van der Waals surface area contributed by atoms with E-state index >= 15 is 0 Å². The highest BCUT2D eigenvalue weighted by Crippen LogP contribution is 2.06. The maximum atomic E-state index is 12.1. The summed E-state index contributed by atoms with van der Waals surface area (Å²) in [5.41, 5.74) is 0. The third-order valence-electron chi connectivity index (χ3n) is 3.64. The third-order valence-corrected chi connectivity index (χ3v) is 3.64. The van der Waals surface area contributed by atoms with Crippen LogP contribution >= 0.6 is 0 Å². The minimum atomic E-state index is -0.272. The van der Waals surface area contributed by atoms with Gasteiger partial charge in [0.15, 0.2) is 0 Å². The first-order valence-corrected chi connectivity index (χ1v) is 6.64. The molecule has 2 N–H and O–H groups in total. The topological polar surface area (TPSA) is 64.7 Å². The molecule has 1 unspecified atom stereocenters. The van der Waals surface area contributed by atoms with Crippen LogP contribution in [-0.2, 0) is 9.59 Å². The van der Waals surface area contributed by atoms with Crippen LogP contribution in [0, 0.1) is 0 Å². The average Bonchev–Trinajstić information content (AvgIpc) is 2.89. The van der Waals surface area contributed by atoms with Crippen molar-refractivity contribution in [2.24, 2.45) is 0 Å². The summed E-state index contributed by atoms with van der Waals surface area (Å²) < 4.78 is 0. The Bertz CT molecular complexity index is 305. The van der Waals surface area contributed by atoms with Gasteiger partial charge in [0, 0.05) is 26.7 Å². The Morgan fingerprint density at radius 1 is 1.44 bits per heavy atom. The molecule has 6 nitrogen and oxygen atoms in total. The molecule has 6 heteroatoms. The van der Waals surface area contributed by atoms with Gasteiger partial charge in [0.2, 0.25) is 11.8 Å². The standard InChI is InChI=1S/C12H22N4O2/c1-15(6-7-16-4-2-3-5-16)12(18)10-8-14-11(17)9-13-10/h10,13H,2-9H2,1H3,(H,14,17). The second-order valence-electron chi connectivity index (χ2n) is 5.05. The molecule has 0 radical (unpaired) electrons. The molecule has 0 aliphatic carbocycles. The first kappa shape index (κ1) is 13.3. The first-order chi connectivity index (χ1) is 8.66. The van der Waals surface area contributed by atoms with Crippen LogP contribution in [0.5, 0.6) is 0 Å². The quantitative estimate of drug-likeness (QED) is 0.649. The summed E-state index contributed by atoms with van der Waals surface area (Å²) in [6.45, 7) is 4.63. The molecule has 0 saturated carbocycles. The Labute approximate surface area is 108 Å². The summed E-state index contributed by atoms with van der Waals surface area (Å²) in [5, 5.41) is 5.67. The normalized spacial score (nSPS) is 24.9. The zero-order valence-corrected chi connectivity index (χ0v) is 10.9. The second kappa shape index (κ2) is 6.15. The van der Waals surface area contributed by atoms with E-state index in [1.165, 1.54) is 12.8 Å². The number of hydrogen-bond donors (Lipinski definition) is 2. The molecule has 2 heterocycles. The van der Waals surface area contributed by atoms with Crippen LogP contribution in [0.3, 0.4) is 0 Å². The third kappa shape index (κ3) is 3.43. The lowest BCUT2D eigenvalue weighted by Gasteiger charge is -2.28. The zero-order valence-electron chi connectivity index (χ0n) is 10.9. The number of carbonyl (C=O) groups is 2. The van der Waals surface area contributed by atoms with Gasteiger partial charge in [0.25, 0.3) is 0 Å². The van der Waals surface area contributed by atoms with Gasteiger partial charge in [-0.2, -0.15) is 0 Å². The van der Waals surface area contributed by atoms with Crippen LogP contribution in [0.25, 0.3) is 0 Å². The average molecular weight is 254 g/mol. The molecule has 2 aliphatic heterocycles. The smallest absolute Gasteiger partial charge is 0.241 e. The van der Waals surface area contributed by atoms with Crippen LogP contribution in [0.15, 0.2) is 0 Å². The SMILES string of the molecule is CN(CCN1CCCC1)C(=O)C1CNC(=O)CN1. The van der Waals surface area contributed by atoms with Crippen LogP contribution in [0.1, 0.15) is 12.8 Å². The fourth-order valence-electron chi connectivity index (χ4n) is 2.41. The summed E-state index contributed by atoms with van der Waals surface area (Å²) in [7, 11) is 1.83. The van der Waals surface area contributed by atoms with Gasteiger partial charge in [-0.1, -0.05) is 0 Å². The van der Waals surface area contributed by atoms with Crippen molar-refractivity contribution in [3.05, 3.63) is 0 Å². The first-order valence-electron chi connectivity index (χ1n) is 6.64. The van der Waals surface area contributed by atoms with Gasteiger partial charge >= 0.3 is 0 Å². The molecule has 2 amide bonds. The Hall–Kier alpha value is -1.14. The molecule has 0 bridgehead atoms. The molecule has 2 saturated heterocycles. The summed E-state index contributed by atoms with van der Waals surface area (Å²) >= 11 is 0. The monoisotopic (exact) mass is 254 g/mol. The van der Waals surface area contributed by atoms with E-state index in [9.17, 15) is 9.59 Å². The van der Waals surface area contributed by atoms with Crippen molar-refractivity contribution in [3.63, 3.8) is 0 Å². The number of amides is 2. The number of carbonyl (C=O) groups excluding carboxylic acids is 2. The van der Waals surface area contributed by atoms with Crippen molar-refractivity contribution < 1.29 is 9.59 Å². The molecule has 2 fully saturated rings. The van der Waals surface area contributed by atoms with E-state index in [1.54, 1.807) is 4.90 Å². The number of piperazine rings is 1. The number of nitrogens with zero attached hydrogens (tertiary/aromatic N) is 2. The predicted octanol–water partition coefficient (Wildman–Crippen LogP) is -1.37. The Balaban J connectivity index is 1.72. The fraction of sp³-hybridized carbons (Fsp3) is 0.833. The number of hydrogen-bond acceptors (Lipinski definition) is 4. The predicted molar refractivity (Wildman–Crippen MR) is 68.1 cm³/mol. The van der Waals surface area contributed by atoms with Crippen LogP contribution in [0.2, 0.25) is 0 Å². The van der Waals surface area contributed by atoms with Gasteiger partial charge in [0.1, 0.15) is 6.04 Å². The van der Waals surface area contributed by atoms with Gasteiger partial charge in [-0.25, -0.2) is 0 Å². The van der Waals surface area contributed by atoms with Gasteiger partial charge in [0.05, 0.1) is 6.54 Å². The number of likely N-dealkylation sites (tertiary alicyclic amines) is 1. The van der Waals surface area contributed by atoms with Gasteiger partial charge in [-0.05, 0) is 25.9 Å². The minimum absolute atomic E-state index is 0.0428. The van der Waals surface area contributed by atoms with E-state index in [2.05, 4.69) is 15.5 Å². The molecule has 0 aromatic rings. The van der Waals surface area contributed by atoms with Crippen LogP contribution < -0.4 is 10.6 Å². The Morgan fingerprint density at radius 2 is 2.17 bits per heavy atom. The Kier molecular flexibility index (Phi) is 4.54. The van der Waals surface area contributed by atoms with Gasteiger partial charge in [-0.15, -0.1) is 0 Å². The largest absolute Gasteiger partial charge is 0.353 e. The van der Waals surface area contributed by atoms with E-state index in [-0.39, 0.29) is 24.4 Å². The van der Waals surface area contributed by atoms with Gasteiger partial charge < -0.3 is 15.1 Å². The van der Waals surface area contributed by atoms with Crippen molar-refractivity contribution in [2.45, 2.75) is 18.9 Å². The summed E-state index contributed by atoms with van der Waals surface area (Å²) in [5.74, 6) is 0.0213. The molecule has 0 aromatic carbocycles. The summed E-state index contributed by atoms with van der Waals surface area (Å²) in [6.07, 6.45) is 2.54. The number of likely N-dealkylation sites (N-methyl/N-ethyl adjacent to an activating group) is 1. The molecule has 0 spiro atoms. The fourth-order valence-corrected chi connectivity index (χ4v) is 2.41. The number of nitrogens with one attached hydrogen (secondary N) is 2. The maximum absolute atomic E-state index is 12.1. The lowest BCUT2D eigenvalue weighted by Crippen LogP contribution is -2.58. The highest BCUT2D eigenvalue weighted by molar-refractivity contribution is 5.86. The number of rotatable bonds is 4. The molecule has 0 aromatic heterocycles. The lowest BCUT2D eigenvalue weighted by atomic mass is 10.2. The molecular formula is C12H22N4O2. The van der Waals surface area contributed by atoms with E-state index in [0.717, 1.165) is 26.2 Å². The van der Waals surface area contributed by atoms with Crippen molar-refractivity contribution in [2.75, 3.05) is 46.3 Å². The van der Waals surface area contributed by atoms with Crippen molar-refractivity contribution >= 4 is 11.8 Å². The van der Waals surface area contributed by atoms with Gasteiger partial charge in [-0.3, -0.25) is 14.9 Å². The van der Waals surface area contributed by atoms with Crippen molar-refractivity contribution in [3.8, 4) is 0 Å². The molecule has 102 valence electrons. The van der Waals surface area contributed by atoms with E-state index in [1.807, 2.05) is 7.05 Å². The molecule has 1 atom stereocenters. The molecule has 2 aliphatic rings. The lowest BCUT2D eigenvalue weighted by molar-refractivity contribution is -0.133. The van der Waals surface area contributed by atoms with E-state index in [0.29, 0.717) is 6.54 Å². The van der Waals surface area contributed by atoms with Crippen LogP contribution in [-0.4, -0.2) is 74.0 Å². The minimum Gasteiger partial charge on any atom is -0.353 e. The summed E-state index contributed by atoms with van der Waals surface area (Å²) in [4.78, 5) is 27.2. The zero-order chi connectivity index (χ0) is 13.0. The van der Waals surface area contributed by atoms with E-state index in [4.69, 9.17) is 0 Å². The highest BCUT2D eigenvalue weighted by Gasteiger charge is 2.26. The molecular weight excluding hydrogens is 232 g/mol. The second-order valence-corrected chi connectivity index (χ2v) is 5.05. The maximum Gasteiger partial charge on any atom is 0.241 e. The molecule has 2 rings (SSSR count). The highest BCUT2D eigenvalue weighted by atomic mass is 16.2. The Morgan fingerprint density at radius 3 is 2.78 bits per heavy atom. The van der Waals surface area contributed by atoms with Crippen molar-refractivity contribution in [1.82, 2.24) is 20.4 Å². The van der Waals surface area contributed by atoms with E-state index < -0.39 is 0 Å². The summed E-state index contributed by atoms with van der Waals surface area (Å²) in [6, 6.07) is -0.272. The molecule has 18 heavy (non-hydrogen) atoms.